The van der Waals surface area contributed by atoms with Crippen molar-refractivity contribution in [1.29, 1.82) is 0 Å². The molecule has 1 saturated heterocycles. The van der Waals surface area contributed by atoms with Gasteiger partial charge in [0.05, 0.1) is 24.5 Å². The molecule has 0 spiro atoms. The highest BCUT2D eigenvalue weighted by Crippen LogP contribution is 2.29. The predicted molar refractivity (Wildman–Crippen MR) is 124 cm³/mol. The summed E-state index contributed by atoms with van der Waals surface area (Å²) in [6, 6.07) is 12.6. The molecular formula is C23H27ClN4O3. The lowest BCUT2D eigenvalue weighted by molar-refractivity contribution is -0.120. The van der Waals surface area contributed by atoms with E-state index in [1.807, 2.05) is 38.1 Å². The number of anilines is 3. The van der Waals surface area contributed by atoms with Gasteiger partial charge in [-0.25, -0.2) is 0 Å². The molecule has 164 valence electrons. The van der Waals surface area contributed by atoms with Crippen LogP contribution in [0, 0.1) is 6.92 Å². The van der Waals surface area contributed by atoms with E-state index in [0.717, 1.165) is 12.0 Å². The molecule has 0 atom stereocenters. The van der Waals surface area contributed by atoms with Crippen LogP contribution in [0.3, 0.4) is 0 Å². The van der Waals surface area contributed by atoms with Crippen LogP contribution in [-0.4, -0.2) is 48.8 Å². The first-order valence-corrected chi connectivity index (χ1v) is 10.7. The summed E-state index contributed by atoms with van der Waals surface area (Å²) < 4.78 is 0. The van der Waals surface area contributed by atoms with E-state index >= 15 is 0 Å². The van der Waals surface area contributed by atoms with Crippen molar-refractivity contribution in [2.45, 2.75) is 26.7 Å². The highest BCUT2D eigenvalue weighted by atomic mass is 35.5. The number of aryl methyl sites for hydroxylation is 1. The van der Waals surface area contributed by atoms with Gasteiger partial charge in [0, 0.05) is 23.7 Å². The number of amides is 3. The highest BCUT2D eigenvalue weighted by Gasteiger charge is 2.24. The quantitative estimate of drug-likeness (QED) is 0.653. The number of nitrogens with zero attached hydrogens (tertiary/aromatic N) is 2. The molecule has 1 heterocycles. The van der Waals surface area contributed by atoms with E-state index in [1.54, 1.807) is 28.0 Å². The second-order valence-electron chi connectivity index (χ2n) is 7.52. The Kier molecular flexibility index (Phi) is 7.65. The average Bonchev–Trinajstić information content (AvgIpc) is 3.16. The van der Waals surface area contributed by atoms with E-state index in [0.29, 0.717) is 41.6 Å². The molecule has 1 aliphatic heterocycles. The lowest BCUT2D eigenvalue weighted by Crippen LogP contribution is -2.39. The summed E-state index contributed by atoms with van der Waals surface area (Å²) in [5, 5.41) is 6.28. The van der Waals surface area contributed by atoms with Crippen LogP contribution in [0.5, 0.6) is 0 Å². The molecule has 2 aromatic carbocycles. The minimum absolute atomic E-state index is 0.0563. The monoisotopic (exact) mass is 442 g/mol. The SMILES string of the molecule is CCN(CC(=O)Nc1cc(Cl)ccc1C)CC(=O)Nc1ccccc1N1CCCC1=O. The highest BCUT2D eigenvalue weighted by molar-refractivity contribution is 6.31. The van der Waals surface area contributed by atoms with E-state index in [9.17, 15) is 14.4 Å². The summed E-state index contributed by atoms with van der Waals surface area (Å²) in [5.74, 6) is -0.402. The van der Waals surface area contributed by atoms with Crippen LogP contribution in [0.4, 0.5) is 17.1 Å². The molecule has 0 aliphatic carbocycles. The van der Waals surface area contributed by atoms with Gasteiger partial charge in [0.2, 0.25) is 17.7 Å². The number of para-hydroxylation sites is 2. The third-order valence-electron chi connectivity index (χ3n) is 5.20. The number of nitrogens with one attached hydrogen (secondary N) is 2. The van der Waals surface area contributed by atoms with Gasteiger partial charge in [0.25, 0.3) is 0 Å². The van der Waals surface area contributed by atoms with Crippen molar-refractivity contribution < 1.29 is 14.4 Å². The van der Waals surface area contributed by atoms with Crippen molar-refractivity contribution in [1.82, 2.24) is 4.90 Å². The van der Waals surface area contributed by atoms with Crippen molar-refractivity contribution in [3.05, 3.63) is 53.1 Å². The van der Waals surface area contributed by atoms with Crippen LogP contribution in [0.15, 0.2) is 42.5 Å². The molecule has 3 amide bonds. The van der Waals surface area contributed by atoms with E-state index in [2.05, 4.69) is 10.6 Å². The Morgan fingerprint density at radius 2 is 1.74 bits per heavy atom. The van der Waals surface area contributed by atoms with E-state index in [-0.39, 0.29) is 30.8 Å². The molecule has 7 nitrogen and oxygen atoms in total. The molecule has 0 radical (unpaired) electrons. The lowest BCUT2D eigenvalue weighted by Gasteiger charge is -2.22. The van der Waals surface area contributed by atoms with Gasteiger partial charge in [-0.2, -0.15) is 0 Å². The zero-order valence-corrected chi connectivity index (χ0v) is 18.5. The third-order valence-corrected chi connectivity index (χ3v) is 5.43. The predicted octanol–water partition coefficient (Wildman–Crippen LogP) is 3.67. The number of hydrogen-bond donors (Lipinski definition) is 2. The maximum absolute atomic E-state index is 12.7. The lowest BCUT2D eigenvalue weighted by atomic mass is 10.2. The summed E-state index contributed by atoms with van der Waals surface area (Å²) in [7, 11) is 0. The first-order valence-electron chi connectivity index (χ1n) is 10.3. The molecule has 3 rings (SSSR count). The van der Waals surface area contributed by atoms with Crippen molar-refractivity contribution in [2.75, 3.05) is 41.7 Å². The summed E-state index contributed by atoms with van der Waals surface area (Å²) in [5.41, 5.74) is 2.86. The van der Waals surface area contributed by atoms with Crippen LogP contribution in [-0.2, 0) is 14.4 Å². The van der Waals surface area contributed by atoms with Gasteiger partial charge in [-0.1, -0.05) is 36.7 Å². The van der Waals surface area contributed by atoms with Crippen molar-refractivity contribution in [3.63, 3.8) is 0 Å². The summed E-state index contributed by atoms with van der Waals surface area (Å²) in [6.45, 7) is 5.09. The third kappa shape index (κ3) is 6.06. The number of carbonyl (C=O) groups excluding carboxylic acids is 3. The first kappa shape index (κ1) is 22.8. The van der Waals surface area contributed by atoms with E-state index in [1.165, 1.54) is 0 Å². The van der Waals surface area contributed by atoms with Gasteiger partial charge >= 0.3 is 0 Å². The topological polar surface area (TPSA) is 81.8 Å². The fourth-order valence-electron chi connectivity index (χ4n) is 3.51. The summed E-state index contributed by atoms with van der Waals surface area (Å²) >= 11 is 6.01. The summed E-state index contributed by atoms with van der Waals surface area (Å²) in [6.07, 6.45) is 1.33. The van der Waals surface area contributed by atoms with Crippen LogP contribution in [0.2, 0.25) is 5.02 Å². The fourth-order valence-corrected chi connectivity index (χ4v) is 3.68. The Labute approximate surface area is 187 Å². The second-order valence-corrected chi connectivity index (χ2v) is 7.96. The summed E-state index contributed by atoms with van der Waals surface area (Å²) in [4.78, 5) is 40.7. The fraction of sp³-hybridized carbons (Fsp3) is 0.348. The zero-order chi connectivity index (χ0) is 22.4. The van der Waals surface area contributed by atoms with Gasteiger partial charge in [0.15, 0.2) is 0 Å². The van der Waals surface area contributed by atoms with Crippen molar-refractivity contribution in [3.8, 4) is 0 Å². The molecule has 31 heavy (non-hydrogen) atoms. The van der Waals surface area contributed by atoms with Gasteiger partial charge in [0.1, 0.15) is 0 Å². The maximum Gasteiger partial charge on any atom is 0.238 e. The molecule has 2 aromatic rings. The molecule has 1 aliphatic rings. The average molecular weight is 443 g/mol. The molecule has 2 N–H and O–H groups in total. The minimum Gasteiger partial charge on any atom is -0.325 e. The van der Waals surface area contributed by atoms with Gasteiger partial charge in [-0.3, -0.25) is 19.3 Å². The van der Waals surface area contributed by atoms with Crippen LogP contribution in [0.1, 0.15) is 25.3 Å². The second kappa shape index (κ2) is 10.4. The number of likely N-dealkylation sites (N-methyl/N-ethyl adjacent to an activating group) is 1. The number of halogens is 1. The van der Waals surface area contributed by atoms with Crippen LogP contribution < -0.4 is 15.5 Å². The minimum atomic E-state index is -0.243. The Morgan fingerprint density at radius 1 is 1.06 bits per heavy atom. The Balaban J connectivity index is 1.60. The number of benzene rings is 2. The number of hydrogen-bond acceptors (Lipinski definition) is 4. The van der Waals surface area contributed by atoms with Gasteiger partial charge in [-0.05, 0) is 49.7 Å². The Hall–Kier alpha value is -2.90. The first-order chi connectivity index (χ1) is 14.9. The van der Waals surface area contributed by atoms with Crippen LogP contribution >= 0.6 is 11.6 Å². The van der Waals surface area contributed by atoms with Crippen molar-refractivity contribution in [2.24, 2.45) is 0 Å². The zero-order valence-electron chi connectivity index (χ0n) is 17.8. The number of rotatable bonds is 8. The van der Waals surface area contributed by atoms with E-state index < -0.39 is 0 Å². The number of carbonyl (C=O) groups is 3. The van der Waals surface area contributed by atoms with Gasteiger partial charge in [-0.15, -0.1) is 0 Å². The maximum atomic E-state index is 12.7. The molecular weight excluding hydrogens is 416 g/mol. The van der Waals surface area contributed by atoms with Gasteiger partial charge < -0.3 is 15.5 Å². The molecule has 0 saturated carbocycles. The molecule has 0 bridgehead atoms. The standard InChI is InChI=1S/C23H27ClN4O3/c1-3-27(15-22(30)26-19-13-17(24)11-10-16(19)2)14-21(29)25-18-7-4-5-8-20(18)28-12-6-9-23(28)31/h4-5,7-8,10-11,13H,3,6,9,12,14-15H2,1-2H3,(H,25,29)(H,26,30). The molecule has 8 heteroatoms. The van der Waals surface area contributed by atoms with Crippen LogP contribution in [0.25, 0.3) is 0 Å². The smallest absolute Gasteiger partial charge is 0.238 e. The Morgan fingerprint density at radius 3 is 2.39 bits per heavy atom. The normalized spacial score (nSPS) is 13.5. The Bertz CT molecular complexity index is 979. The van der Waals surface area contributed by atoms with E-state index in [4.69, 9.17) is 11.6 Å². The van der Waals surface area contributed by atoms with Crippen molar-refractivity contribution >= 4 is 46.4 Å². The molecule has 1 fully saturated rings. The largest absolute Gasteiger partial charge is 0.325 e. The molecule has 0 unspecified atom stereocenters. The molecule has 0 aromatic heterocycles.